The first-order chi connectivity index (χ1) is 35.7. The maximum absolute atomic E-state index is 9.37. The first-order valence-electron chi connectivity index (χ1n) is 27.8. The third kappa shape index (κ3) is 7.25. The highest BCUT2D eigenvalue weighted by Crippen LogP contribution is 2.53. The van der Waals surface area contributed by atoms with Crippen molar-refractivity contribution in [3.05, 3.63) is 197 Å². The number of nitrogens with zero attached hydrogens (tertiary/aromatic N) is 4. The van der Waals surface area contributed by atoms with Crippen molar-refractivity contribution in [1.82, 2.24) is 9.55 Å². The molecule has 0 saturated carbocycles. The number of pyridine rings is 1. The summed E-state index contributed by atoms with van der Waals surface area (Å²) in [6.45, 7) is 24.0. The Morgan fingerprint density at radius 2 is 1.15 bits per heavy atom. The van der Waals surface area contributed by atoms with E-state index in [0.717, 1.165) is 55.8 Å². The van der Waals surface area contributed by atoms with Gasteiger partial charge in [0.1, 0.15) is 12.5 Å². The minimum absolute atomic E-state index is 0.0374. The Morgan fingerprint density at radius 1 is 0.561 bits per heavy atom. The van der Waals surface area contributed by atoms with Gasteiger partial charge in [0.2, 0.25) is 0 Å². The molecule has 330 valence electrons. The molecular formula is C61H62N4Si. The largest absolute Gasteiger partial charge is 0.321 e. The van der Waals surface area contributed by atoms with Crippen molar-refractivity contribution >= 4 is 57.8 Å². The second kappa shape index (κ2) is 16.0. The van der Waals surface area contributed by atoms with Crippen molar-refractivity contribution in [2.24, 2.45) is 0 Å². The summed E-state index contributed by atoms with van der Waals surface area (Å²) in [5, 5.41) is 3.52. The molecule has 1 aliphatic heterocycles. The smallest absolute Gasteiger partial charge is 0.137 e. The SMILES string of the molecule is [2H]c1c([2H])c([2H])c(-c2c(C)c(C)c(C)c(-c3c([2H])c([2H])c([2H])c([2H])c3[2H])c2N2CN(c3cc(C(C)(C)c4ccc5c6ccccc6n(-c6cc(C(C)(C)C)ccn6)c5c4)cc([Si](C)(C)C)c3)c3ccccc32)c([2H])c1[2H]. The van der Waals surface area contributed by atoms with Crippen LogP contribution in [0.25, 0.3) is 49.9 Å². The van der Waals surface area contributed by atoms with E-state index in [-0.39, 0.29) is 23.2 Å². The zero-order chi connectivity index (χ0) is 55.0. The standard InChI is InChI=1S/C61H62N4Si/c1-40-41(2)57(43-22-14-12-15-23-43)59(58(42(40)3)44-24-16-13-17-25-44)64-39-63(53-28-20-21-29-54(53)64)48-34-47(35-49(38-48)66(9,10)11)61(7,8)46-30-31-51-50-26-18-19-27-52(50)65(55(51)36-46)56-37-45(32-33-62-56)60(4,5)6/h12-38H,39H2,1-11H3/i12D,13D,14D,15D,16D,17D,22D,23D,24D,25D. The average molecular weight is 889 g/mol. The van der Waals surface area contributed by atoms with Crippen molar-refractivity contribution in [3.8, 4) is 28.1 Å². The van der Waals surface area contributed by atoms with E-state index in [4.69, 9.17) is 13.2 Å². The Balaban J connectivity index is 1.21. The lowest BCUT2D eigenvalue weighted by Crippen LogP contribution is -2.39. The molecule has 66 heavy (non-hydrogen) atoms. The summed E-state index contributed by atoms with van der Waals surface area (Å²) in [6.07, 6.45) is 1.90. The van der Waals surface area contributed by atoms with Crippen molar-refractivity contribution in [2.45, 2.75) is 85.9 Å². The molecule has 0 radical (unpaired) electrons. The van der Waals surface area contributed by atoms with Crippen LogP contribution in [0.4, 0.5) is 22.7 Å². The van der Waals surface area contributed by atoms with Crippen LogP contribution < -0.4 is 15.0 Å². The molecular weight excluding hydrogens is 817 g/mol. The highest BCUT2D eigenvalue weighted by atomic mass is 28.3. The lowest BCUT2D eigenvalue weighted by molar-refractivity contribution is 0.588. The average Bonchev–Trinajstić information content (AvgIpc) is 3.98. The first-order valence-corrected chi connectivity index (χ1v) is 26.3. The molecule has 0 spiro atoms. The van der Waals surface area contributed by atoms with Crippen molar-refractivity contribution in [2.75, 3.05) is 16.5 Å². The minimum Gasteiger partial charge on any atom is -0.321 e. The third-order valence-corrected chi connectivity index (χ3v) is 15.9. The van der Waals surface area contributed by atoms with Gasteiger partial charge in [-0.15, -0.1) is 0 Å². The molecule has 5 heteroatoms. The molecule has 0 N–H and O–H groups in total. The zero-order valence-corrected chi connectivity index (χ0v) is 40.8. The quantitative estimate of drug-likeness (QED) is 0.142. The summed E-state index contributed by atoms with van der Waals surface area (Å²) in [7, 11) is -2.06. The van der Waals surface area contributed by atoms with Gasteiger partial charge in [0.05, 0.1) is 49.9 Å². The first kappa shape index (κ1) is 32.9. The maximum Gasteiger partial charge on any atom is 0.137 e. The van der Waals surface area contributed by atoms with E-state index in [9.17, 15) is 5.48 Å². The summed E-state index contributed by atoms with van der Waals surface area (Å²) in [4.78, 5) is 9.22. The maximum atomic E-state index is 9.37. The predicted octanol–water partition coefficient (Wildman–Crippen LogP) is 15.9. The molecule has 0 saturated heterocycles. The molecule has 9 aromatic rings. The summed E-state index contributed by atoms with van der Waals surface area (Å²) in [5.41, 5.74) is 10.4. The molecule has 7 aromatic carbocycles. The Kier molecular flexibility index (Phi) is 7.98. The lowest BCUT2D eigenvalue weighted by atomic mass is 9.77. The number of fused-ring (bicyclic) bond motifs is 4. The van der Waals surface area contributed by atoms with E-state index in [2.05, 4.69) is 137 Å². The van der Waals surface area contributed by atoms with Gasteiger partial charge in [-0.3, -0.25) is 4.57 Å². The van der Waals surface area contributed by atoms with Gasteiger partial charge in [0.25, 0.3) is 0 Å². The van der Waals surface area contributed by atoms with Crippen LogP contribution in [0.2, 0.25) is 19.6 Å². The van der Waals surface area contributed by atoms with Crippen LogP contribution in [-0.4, -0.2) is 24.3 Å². The Bertz CT molecular complexity index is 3770. The van der Waals surface area contributed by atoms with Gasteiger partial charge in [-0.05, 0) is 119 Å². The third-order valence-electron chi connectivity index (χ3n) is 13.9. The van der Waals surface area contributed by atoms with Crippen LogP contribution in [0, 0.1) is 20.8 Å². The molecule has 10 rings (SSSR count). The molecule has 1 aliphatic rings. The fraction of sp³-hybridized carbons (Fsp3) is 0.230. The van der Waals surface area contributed by atoms with Gasteiger partial charge < -0.3 is 9.80 Å². The van der Waals surface area contributed by atoms with Crippen molar-refractivity contribution < 1.29 is 13.7 Å². The number of benzene rings is 7. The highest BCUT2D eigenvalue weighted by molar-refractivity contribution is 6.88. The van der Waals surface area contributed by atoms with Gasteiger partial charge in [0.15, 0.2) is 0 Å². The fourth-order valence-electron chi connectivity index (χ4n) is 9.74. The molecule has 0 bridgehead atoms. The molecule has 0 atom stereocenters. The van der Waals surface area contributed by atoms with Crippen LogP contribution in [-0.2, 0) is 10.8 Å². The Hall–Kier alpha value is -6.69. The van der Waals surface area contributed by atoms with E-state index in [0.29, 0.717) is 33.5 Å². The number of para-hydroxylation sites is 3. The van der Waals surface area contributed by atoms with Gasteiger partial charge in [0, 0.05) is 39.2 Å². The van der Waals surface area contributed by atoms with Gasteiger partial charge in [-0.25, -0.2) is 4.98 Å². The van der Waals surface area contributed by atoms with Crippen LogP contribution >= 0.6 is 0 Å². The lowest BCUT2D eigenvalue weighted by Gasteiger charge is -2.32. The Morgan fingerprint density at radius 3 is 1.77 bits per heavy atom. The fourth-order valence-corrected chi connectivity index (χ4v) is 10.9. The van der Waals surface area contributed by atoms with E-state index in [1.54, 1.807) is 0 Å². The van der Waals surface area contributed by atoms with E-state index in [1.165, 1.54) is 10.8 Å². The van der Waals surface area contributed by atoms with Crippen LogP contribution in [0.5, 0.6) is 0 Å². The molecule has 4 nitrogen and oxygen atoms in total. The van der Waals surface area contributed by atoms with Gasteiger partial charge in [-0.1, -0.05) is 168 Å². The summed E-state index contributed by atoms with van der Waals surface area (Å²) in [6, 6.07) is 29.7. The van der Waals surface area contributed by atoms with Crippen LogP contribution in [0.3, 0.4) is 0 Å². The molecule has 0 unspecified atom stereocenters. The summed E-state index contributed by atoms with van der Waals surface area (Å²) in [5.74, 6) is 0.859. The Labute approximate surface area is 407 Å². The number of hydrogen-bond acceptors (Lipinski definition) is 3. The van der Waals surface area contributed by atoms with Crippen LogP contribution in [0.15, 0.2) is 164 Å². The van der Waals surface area contributed by atoms with Crippen LogP contribution in [0.1, 0.15) is 81.7 Å². The normalized spacial score (nSPS) is 15.4. The van der Waals surface area contributed by atoms with Crippen molar-refractivity contribution in [1.29, 1.82) is 0 Å². The summed E-state index contributed by atoms with van der Waals surface area (Å²) < 4.78 is 92.2. The second-order valence-corrected chi connectivity index (χ2v) is 25.4. The topological polar surface area (TPSA) is 24.3 Å². The van der Waals surface area contributed by atoms with E-state index >= 15 is 0 Å². The number of rotatable bonds is 8. The summed E-state index contributed by atoms with van der Waals surface area (Å²) >= 11 is 0. The molecule has 3 heterocycles. The predicted molar refractivity (Wildman–Crippen MR) is 286 cm³/mol. The highest BCUT2D eigenvalue weighted by Gasteiger charge is 2.35. The monoisotopic (exact) mass is 889 g/mol. The van der Waals surface area contributed by atoms with Gasteiger partial charge in [-0.2, -0.15) is 0 Å². The number of anilines is 4. The second-order valence-electron chi connectivity index (χ2n) is 20.3. The van der Waals surface area contributed by atoms with Crippen molar-refractivity contribution in [3.63, 3.8) is 0 Å². The minimum atomic E-state index is -2.06. The molecule has 2 aromatic heterocycles. The zero-order valence-electron chi connectivity index (χ0n) is 49.8. The van der Waals surface area contributed by atoms with E-state index < -0.39 is 73.9 Å². The molecule has 0 aliphatic carbocycles. The molecule has 0 amide bonds. The van der Waals surface area contributed by atoms with Gasteiger partial charge >= 0.3 is 0 Å². The number of aromatic nitrogens is 2. The van der Waals surface area contributed by atoms with E-state index in [1.807, 2.05) is 56.1 Å². The molecule has 0 fully saturated rings. The number of hydrogen-bond donors (Lipinski definition) is 0.